The number of hydrogen-bond acceptors (Lipinski definition) is 7. The Morgan fingerprint density at radius 2 is 1.79 bits per heavy atom. The Morgan fingerprint density at radius 1 is 1.12 bits per heavy atom. The van der Waals surface area contributed by atoms with Gasteiger partial charge >= 0.3 is 11.7 Å². The summed E-state index contributed by atoms with van der Waals surface area (Å²) in [6, 6.07) is 13.1. The summed E-state index contributed by atoms with van der Waals surface area (Å²) in [5.41, 5.74) is 5.56. The van der Waals surface area contributed by atoms with Gasteiger partial charge in [-0.05, 0) is 76.6 Å². The molecule has 0 fully saturated rings. The Bertz CT molecular complexity index is 1280. The number of amides is 1. The molecular weight excluding hydrogens is 438 g/mol. The van der Waals surface area contributed by atoms with Gasteiger partial charge in [0.2, 0.25) is 0 Å². The van der Waals surface area contributed by atoms with Crippen molar-refractivity contribution in [1.29, 1.82) is 0 Å². The van der Waals surface area contributed by atoms with Gasteiger partial charge in [-0.25, -0.2) is 10.2 Å². The standard InChI is InChI=1S/C24H25N5O5/c1-14-7-6-8-20(13-14)24(31)34-21-11-9-19(10-12-21)15(2)25-26-23(30)18(5)28-17(4)22(29(32)33)16(3)27-28/h6-13,18H,1-5H3,(H,26,30)/b25-15+. The third-order valence-electron chi connectivity index (χ3n) is 5.29. The molecule has 176 valence electrons. The summed E-state index contributed by atoms with van der Waals surface area (Å²) in [7, 11) is 0. The number of ether oxygens (including phenoxy) is 1. The maximum atomic E-state index is 12.5. The van der Waals surface area contributed by atoms with Gasteiger partial charge in [0.15, 0.2) is 0 Å². The first kappa shape index (κ1) is 24.3. The van der Waals surface area contributed by atoms with Crippen LogP contribution in [0.3, 0.4) is 0 Å². The number of carbonyl (C=O) groups excluding carboxylic acids is 2. The molecule has 0 spiro atoms. The lowest BCUT2D eigenvalue weighted by Gasteiger charge is -2.12. The van der Waals surface area contributed by atoms with E-state index < -0.39 is 22.8 Å². The minimum Gasteiger partial charge on any atom is -0.423 e. The fraction of sp³-hybridized carbons (Fsp3) is 0.250. The van der Waals surface area contributed by atoms with Crippen molar-refractivity contribution in [2.75, 3.05) is 0 Å². The van der Waals surface area contributed by atoms with Crippen molar-refractivity contribution in [3.8, 4) is 5.75 Å². The molecule has 0 radical (unpaired) electrons. The van der Waals surface area contributed by atoms with E-state index in [0.29, 0.717) is 28.3 Å². The molecule has 1 N–H and O–H groups in total. The molecule has 0 aliphatic rings. The van der Waals surface area contributed by atoms with E-state index in [9.17, 15) is 19.7 Å². The Kier molecular flexibility index (Phi) is 7.20. The average molecular weight is 463 g/mol. The molecule has 0 saturated carbocycles. The zero-order valence-corrected chi connectivity index (χ0v) is 19.5. The van der Waals surface area contributed by atoms with Crippen molar-refractivity contribution in [2.24, 2.45) is 5.10 Å². The van der Waals surface area contributed by atoms with Gasteiger partial charge in [0, 0.05) is 0 Å². The van der Waals surface area contributed by atoms with Crippen molar-refractivity contribution < 1.29 is 19.2 Å². The number of benzene rings is 2. The number of rotatable bonds is 7. The molecule has 1 unspecified atom stereocenters. The van der Waals surface area contributed by atoms with Gasteiger partial charge in [-0.15, -0.1) is 0 Å². The van der Waals surface area contributed by atoms with Crippen LogP contribution in [-0.4, -0.2) is 32.3 Å². The molecular formula is C24H25N5O5. The zero-order valence-electron chi connectivity index (χ0n) is 19.5. The first-order valence-corrected chi connectivity index (χ1v) is 10.5. The molecule has 1 heterocycles. The van der Waals surface area contributed by atoms with Gasteiger partial charge in [0.25, 0.3) is 5.91 Å². The highest BCUT2D eigenvalue weighted by Crippen LogP contribution is 2.24. The molecule has 1 aromatic heterocycles. The summed E-state index contributed by atoms with van der Waals surface area (Å²) >= 11 is 0. The van der Waals surface area contributed by atoms with Crippen molar-refractivity contribution in [1.82, 2.24) is 15.2 Å². The number of aryl methyl sites for hydroxylation is 2. The number of carbonyl (C=O) groups is 2. The largest absolute Gasteiger partial charge is 0.423 e. The molecule has 10 heteroatoms. The van der Waals surface area contributed by atoms with E-state index >= 15 is 0 Å². The first-order valence-electron chi connectivity index (χ1n) is 10.5. The smallest absolute Gasteiger partial charge is 0.343 e. The number of nitro groups is 1. The van der Waals surface area contributed by atoms with Gasteiger partial charge < -0.3 is 4.74 Å². The summed E-state index contributed by atoms with van der Waals surface area (Å²) in [5, 5.41) is 19.4. The molecule has 0 aliphatic carbocycles. The summed E-state index contributed by atoms with van der Waals surface area (Å²) in [4.78, 5) is 35.5. The van der Waals surface area contributed by atoms with Crippen LogP contribution in [0.4, 0.5) is 5.69 Å². The lowest BCUT2D eigenvalue weighted by Crippen LogP contribution is -2.29. The number of hydrazone groups is 1. The van der Waals surface area contributed by atoms with E-state index in [0.717, 1.165) is 5.56 Å². The third-order valence-corrected chi connectivity index (χ3v) is 5.29. The lowest BCUT2D eigenvalue weighted by atomic mass is 10.1. The van der Waals surface area contributed by atoms with E-state index in [1.54, 1.807) is 63.2 Å². The molecule has 10 nitrogen and oxygen atoms in total. The Morgan fingerprint density at radius 3 is 2.38 bits per heavy atom. The van der Waals surface area contributed by atoms with Crippen LogP contribution in [0, 0.1) is 30.9 Å². The predicted octanol–water partition coefficient (Wildman–Crippen LogP) is 4.04. The second-order valence-corrected chi connectivity index (χ2v) is 7.85. The first-order chi connectivity index (χ1) is 16.1. The summed E-state index contributed by atoms with van der Waals surface area (Å²) in [5.74, 6) is -0.539. The number of nitrogens with one attached hydrogen (secondary N) is 1. The summed E-state index contributed by atoms with van der Waals surface area (Å²) in [6.07, 6.45) is 0. The van der Waals surface area contributed by atoms with Gasteiger partial charge in [0.1, 0.15) is 23.2 Å². The van der Waals surface area contributed by atoms with E-state index in [1.807, 2.05) is 13.0 Å². The van der Waals surface area contributed by atoms with Crippen LogP contribution in [0.5, 0.6) is 5.75 Å². The van der Waals surface area contributed by atoms with Crippen LogP contribution in [0.1, 0.15) is 52.8 Å². The fourth-order valence-electron chi connectivity index (χ4n) is 3.41. The number of nitrogens with zero attached hydrogens (tertiary/aromatic N) is 4. The normalized spacial score (nSPS) is 12.2. The highest BCUT2D eigenvalue weighted by molar-refractivity contribution is 5.99. The molecule has 3 rings (SSSR count). The average Bonchev–Trinajstić information content (AvgIpc) is 3.11. The summed E-state index contributed by atoms with van der Waals surface area (Å²) < 4.78 is 6.71. The van der Waals surface area contributed by atoms with Crippen LogP contribution in [0.25, 0.3) is 0 Å². The van der Waals surface area contributed by atoms with E-state index in [1.165, 1.54) is 11.6 Å². The second kappa shape index (κ2) is 10.1. The third kappa shape index (κ3) is 5.34. The topological polar surface area (TPSA) is 129 Å². The Hall–Kier alpha value is -4.34. The van der Waals surface area contributed by atoms with Crippen LogP contribution in [0.15, 0.2) is 53.6 Å². The summed E-state index contributed by atoms with van der Waals surface area (Å²) in [6.45, 7) is 8.27. The Balaban J connectivity index is 1.65. The highest BCUT2D eigenvalue weighted by atomic mass is 16.6. The highest BCUT2D eigenvalue weighted by Gasteiger charge is 2.27. The molecule has 34 heavy (non-hydrogen) atoms. The van der Waals surface area contributed by atoms with Crippen molar-refractivity contribution in [2.45, 2.75) is 40.7 Å². The van der Waals surface area contributed by atoms with Crippen molar-refractivity contribution in [3.63, 3.8) is 0 Å². The maximum Gasteiger partial charge on any atom is 0.343 e. The van der Waals surface area contributed by atoms with Gasteiger partial charge in [-0.1, -0.05) is 17.7 Å². The van der Waals surface area contributed by atoms with Crippen LogP contribution in [-0.2, 0) is 4.79 Å². The molecule has 0 bridgehead atoms. The SMILES string of the molecule is C/C(=N\NC(=O)C(C)n1nc(C)c([N+](=O)[O-])c1C)c1ccc(OC(=O)c2cccc(C)c2)cc1. The molecule has 0 saturated heterocycles. The van der Waals surface area contributed by atoms with E-state index in [4.69, 9.17) is 4.74 Å². The lowest BCUT2D eigenvalue weighted by molar-refractivity contribution is -0.386. The van der Waals surface area contributed by atoms with Crippen LogP contribution < -0.4 is 10.2 Å². The van der Waals surface area contributed by atoms with Crippen molar-refractivity contribution in [3.05, 3.63) is 86.7 Å². The fourth-order valence-corrected chi connectivity index (χ4v) is 3.41. The van der Waals surface area contributed by atoms with E-state index in [2.05, 4.69) is 15.6 Å². The Labute approximate surface area is 196 Å². The van der Waals surface area contributed by atoms with Gasteiger partial charge in [-0.3, -0.25) is 19.6 Å². The molecule has 3 aromatic rings. The molecule has 0 aliphatic heterocycles. The van der Waals surface area contributed by atoms with Crippen molar-refractivity contribution >= 4 is 23.3 Å². The van der Waals surface area contributed by atoms with Crippen LogP contribution in [0.2, 0.25) is 0 Å². The molecule has 1 atom stereocenters. The van der Waals surface area contributed by atoms with Crippen LogP contribution >= 0.6 is 0 Å². The van der Waals surface area contributed by atoms with E-state index in [-0.39, 0.29) is 11.4 Å². The molecule has 1 amide bonds. The number of aromatic nitrogens is 2. The number of esters is 1. The predicted molar refractivity (Wildman–Crippen MR) is 126 cm³/mol. The van der Waals surface area contributed by atoms with Gasteiger partial charge in [-0.2, -0.15) is 10.2 Å². The number of hydrogen-bond donors (Lipinski definition) is 1. The minimum absolute atomic E-state index is 0.109. The minimum atomic E-state index is -0.799. The zero-order chi connectivity index (χ0) is 25.0. The monoisotopic (exact) mass is 463 g/mol. The quantitative estimate of drug-likeness (QED) is 0.185. The maximum absolute atomic E-state index is 12.5. The molecule has 2 aromatic carbocycles. The van der Waals surface area contributed by atoms with Gasteiger partial charge in [0.05, 0.1) is 16.2 Å². The second-order valence-electron chi connectivity index (χ2n) is 7.85.